The zero-order valence-electron chi connectivity index (χ0n) is 20.0. The van der Waals surface area contributed by atoms with Gasteiger partial charge in [-0.3, -0.25) is 4.98 Å². The van der Waals surface area contributed by atoms with Crippen LogP contribution in [0, 0.1) is 0 Å². The van der Waals surface area contributed by atoms with E-state index in [4.69, 9.17) is 4.74 Å². The molecule has 1 aromatic heterocycles. The summed E-state index contributed by atoms with van der Waals surface area (Å²) in [5, 5.41) is 0. The van der Waals surface area contributed by atoms with E-state index in [-0.39, 0.29) is 0 Å². The molecule has 0 aliphatic heterocycles. The standard InChI is InChI=1S/C30H39NO/c1-3-5-6-7-8-9-10-25-11-13-26(14-12-25)15-16-27-17-19-28(20-18-27)30-22-21-29(24-31-30)32-23-4-2/h11-14,17-22,24H,3-10,15-16,23H2,1-2H3. The number of benzene rings is 2. The smallest absolute Gasteiger partial charge is 0.137 e. The van der Waals surface area contributed by atoms with Gasteiger partial charge in [-0.1, -0.05) is 94.5 Å². The van der Waals surface area contributed by atoms with Crippen molar-refractivity contribution in [2.75, 3.05) is 6.61 Å². The Balaban J connectivity index is 1.43. The number of pyridine rings is 1. The molecule has 0 aliphatic carbocycles. The van der Waals surface area contributed by atoms with Crippen molar-refractivity contribution in [2.24, 2.45) is 0 Å². The number of hydrogen-bond donors (Lipinski definition) is 0. The second-order valence-electron chi connectivity index (χ2n) is 8.76. The number of rotatable bonds is 14. The highest BCUT2D eigenvalue weighted by atomic mass is 16.5. The van der Waals surface area contributed by atoms with Crippen molar-refractivity contribution in [3.8, 4) is 17.0 Å². The van der Waals surface area contributed by atoms with Crippen LogP contribution in [0.15, 0.2) is 66.9 Å². The lowest BCUT2D eigenvalue weighted by molar-refractivity contribution is 0.316. The molecule has 0 amide bonds. The molecule has 0 saturated heterocycles. The van der Waals surface area contributed by atoms with E-state index in [0.717, 1.165) is 42.9 Å². The minimum absolute atomic E-state index is 0.734. The van der Waals surface area contributed by atoms with E-state index in [9.17, 15) is 0 Å². The number of nitrogens with zero attached hydrogens (tertiary/aromatic N) is 1. The first-order valence-electron chi connectivity index (χ1n) is 12.5. The van der Waals surface area contributed by atoms with Crippen LogP contribution in [0.1, 0.15) is 75.5 Å². The highest BCUT2D eigenvalue weighted by Crippen LogP contribution is 2.21. The molecule has 0 atom stereocenters. The number of unbranched alkanes of at least 4 members (excludes halogenated alkanes) is 5. The first kappa shape index (κ1) is 24.0. The second-order valence-corrected chi connectivity index (χ2v) is 8.76. The molecule has 3 rings (SSSR count). The molecular weight excluding hydrogens is 390 g/mol. The van der Waals surface area contributed by atoms with Crippen molar-refractivity contribution in [3.63, 3.8) is 0 Å². The van der Waals surface area contributed by atoms with E-state index in [1.165, 1.54) is 61.6 Å². The van der Waals surface area contributed by atoms with Crippen molar-refractivity contribution >= 4 is 0 Å². The van der Waals surface area contributed by atoms with Crippen molar-refractivity contribution in [1.82, 2.24) is 4.98 Å². The van der Waals surface area contributed by atoms with Crippen LogP contribution in [-0.2, 0) is 19.3 Å². The Bertz CT molecular complexity index is 882. The molecule has 0 unspecified atom stereocenters. The maximum absolute atomic E-state index is 5.62. The molecule has 0 N–H and O–H groups in total. The van der Waals surface area contributed by atoms with Gasteiger partial charge in [-0.15, -0.1) is 0 Å². The predicted molar refractivity (Wildman–Crippen MR) is 136 cm³/mol. The van der Waals surface area contributed by atoms with Gasteiger partial charge in [-0.05, 0) is 60.9 Å². The summed E-state index contributed by atoms with van der Waals surface area (Å²) in [4.78, 5) is 4.55. The third-order valence-electron chi connectivity index (χ3n) is 6.00. The monoisotopic (exact) mass is 429 g/mol. The molecule has 0 spiro atoms. The van der Waals surface area contributed by atoms with Gasteiger partial charge in [0, 0.05) is 5.56 Å². The van der Waals surface area contributed by atoms with E-state index >= 15 is 0 Å². The van der Waals surface area contributed by atoms with E-state index in [1.807, 2.05) is 18.3 Å². The first-order valence-corrected chi connectivity index (χ1v) is 12.5. The van der Waals surface area contributed by atoms with E-state index in [1.54, 1.807) is 0 Å². The quantitative estimate of drug-likeness (QED) is 0.241. The summed E-state index contributed by atoms with van der Waals surface area (Å²) in [6, 6.07) is 22.1. The van der Waals surface area contributed by atoms with Crippen LogP contribution in [0.5, 0.6) is 5.75 Å². The molecule has 170 valence electrons. The summed E-state index contributed by atoms with van der Waals surface area (Å²) < 4.78 is 5.62. The van der Waals surface area contributed by atoms with Crippen LogP contribution in [0.25, 0.3) is 11.3 Å². The number of aryl methyl sites for hydroxylation is 3. The Hall–Kier alpha value is -2.61. The summed E-state index contributed by atoms with van der Waals surface area (Å²) in [6.45, 7) is 5.12. The van der Waals surface area contributed by atoms with Crippen LogP contribution in [0.2, 0.25) is 0 Å². The van der Waals surface area contributed by atoms with Gasteiger partial charge in [-0.25, -0.2) is 0 Å². The largest absolute Gasteiger partial charge is 0.492 e. The van der Waals surface area contributed by atoms with Gasteiger partial charge in [-0.2, -0.15) is 0 Å². The second kappa shape index (κ2) is 13.7. The normalized spacial score (nSPS) is 10.9. The average molecular weight is 430 g/mol. The molecular formula is C30H39NO. The molecule has 2 heteroatoms. The lowest BCUT2D eigenvalue weighted by atomic mass is 10.00. The zero-order chi connectivity index (χ0) is 22.4. The lowest BCUT2D eigenvalue weighted by Crippen LogP contribution is -1.95. The minimum atomic E-state index is 0.734. The Morgan fingerprint density at radius 1 is 0.594 bits per heavy atom. The van der Waals surface area contributed by atoms with Gasteiger partial charge in [0.15, 0.2) is 0 Å². The van der Waals surface area contributed by atoms with Crippen molar-refractivity contribution < 1.29 is 4.74 Å². The molecule has 1 heterocycles. The maximum atomic E-state index is 5.62. The van der Waals surface area contributed by atoms with Crippen molar-refractivity contribution in [1.29, 1.82) is 0 Å². The maximum Gasteiger partial charge on any atom is 0.137 e. The third kappa shape index (κ3) is 8.15. The molecule has 2 nitrogen and oxygen atoms in total. The van der Waals surface area contributed by atoms with E-state index in [0.29, 0.717) is 0 Å². The molecule has 3 aromatic rings. The van der Waals surface area contributed by atoms with Gasteiger partial charge in [0.25, 0.3) is 0 Å². The summed E-state index contributed by atoms with van der Waals surface area (Å²) in [5.41, 5.74) is 6.40. The molecule has 0 fully saturated rings. The Labute approximate surface area is 195 Å². The Morgan fingerprint density at radius 3 is 1.78 bits per heavy atom. The first-order chi connectivity index (χ1) is 15.8. The summed E-state index contributed by atoms with van der Waals surface area (Å²) in [7, 11) is 0. The van der Waals surface area contributed by atoms with E-state index < -0.39 is 0 Å². The van der Waals surface area contributed by atoms with E-state index in [2.05, 4.69) is 67.4 Å². The Kier molecular flexibility index (Phi) is 10.3. The van der Waals surface area contributed by atoms with Gasteiger partial charge in [0.1, 0.15) is 5.75 Å². The SMILES string of the molecule is CCCCCCCCc1ccc(CCc2ccc(-c3ccc(OCCC)cn3)cc2)cc1. The van der Waals surface area contributed by atoms with Crippen molar-refractivity contribution in [3.05, 3.63) is 83.6 Å². The van der Waals surface area contributed by atoms with Gasteiger partial charge < -0.3 is 4.74 Å². The number of aromatic nitrogens is 1. The fourth-order valence-corrected chi connectivity index (χ4v) is 3.97. The molecule has 32 heavy (non-hydrogen) atoms. The van der Waals surface area contributed by atoms with Gasteiger partial charge in [0.05, 0.1) is 18.5 Å². The molecule has 0 radical (unpaired) electrons. The van der Waals surface area contributed by atoms with Crippen LogP contribution in [-0.4, -0.2) is 11.6 Å². The topological polar surface area (TPSA) is 22.1 Å². The summed E-state index contributed by atoms with van der Waals surface area (Å²) in [5.74, 6) is 0.838. The summed E-state index contributed by atoms with van der Waals surface area (Å²) >= 11 is 0. The fourth-order valence-electron chi connectivity index (χ4n) is 3.97. The van der Waals surface area contributed by atoms with Gasteiger partial charge in [0.2, 0.25) is 0 Å². The van der Waals surface area contributed by atoms with Crippen molar-refractivity contribution in [2.45, 2.75) is 78.1 Å². The molecule has 2 aromatic carbocycles. The Morgan fingerprint density at radius 2 is 1.19 bits per heavy atom. The van der Waals surface area contributed by atoms with Crippen LogP contribution in [0.4, 0.5) is 0 Å². The fraction of sp³-hybridized carbons (Fsp3) is 0.433. The van der Waals surface area contributed by atoms with Crippen LogP contribution < -0.4 is 4.74 Å². The van der Waals surface area contributed by atoms with Crippen LogP contribution >= 0.6 is 0 Å². The minimum Gasteiger partial charge on any atom is -0.492 e. The lowest BCUT2D eigenvalue weighted by Gasteiger charge is -2.07. The number of ether oxygens (including phenoxy) is 1. The average Bonchev–Trinajstić information content (AvgIpc) is 2.85. The highest BCUT2D eigenvalue weighted by Gasteiger charge is 2.02. The predicted octanol–water partition coefficient (Wildman–Crippen LogP) is 8.23. The van der Waals surface area contributed by atoms with Crippen LogP contribution in [0.3, 0.4) is 0 Å². The highest BCUT2D eigenvalue weighted by molar-refractivity contribution is 5.59. The summed E-state index contributed by atoms with van der Waals surface area (Å²) in [6.07, 6.45) is 14.4. The molecule has 0 aliphatic rings. The molecule has 0 bridgehead atoms. The molecule has 0 saturated carbocycles. The van der Waals surface area contributed by atoms with Gasteiger partial charge >= 0.3 is 0 Å². The number of hydrogen-bond acceptors (Lipinski definition) is 2. The zero-order valence-corrected chi connectivity index (χ0v) is 20.0. The third-order valence-corrected chi connectivity index (χ3v) is 6.00.